The summed E-state index contributed by atoms with van der Waals surface area (Å²) in [6.07, 6.45) is 11.1. The molecule has 1 N–H and O–H groups in total. The van der Waals surface area contributed by atoms with Gasteiger partial charge in [0.1, 0.15) is 0 Å². The van der Waals surface area contributed by atoms with Gasteiger partial charge in [-0.2, -0.15) is 10.7 Å². The molecule has 90 valence electrons. The van der Waals surface area contributed by atoms with Gasteiger partial charge in [0.15, 0.2) is 0 Å². The molecule has 2 saturated carbocycles. The Hall–Kier alpha value is -0.590. The van der Waals surface area contributed by atoms with Gasteiger partial charge in [-0.15, -0.1) is 0 Å². The third kappa shape index (κ3) is 3.20. The van der Waals surface area contributed by atoms with Crippen molar-refractivity contribution in [3.8, 4) is 6.07 Å². The van der Waals surface area contributed by atoms with E-state index in [0.29, 0.717) is 6.10 Å². The first-order chi connectivity index (χ1) is 7.90. The zero-order valence-corrected chi connectivity index (χ0v) is 9.95. The lowest BCUT2D eigenvalue weighted by molar-refractivity contribution is -0.0478. The van der Waals surface area contributed by atoms with Crippen LogP contribution >= 0.6 is 0 Å². The van der Waals surface area contributed by atoms with Gasteiger partial charge < -0.3 is 0 Å². The highest BCUT2D eigenvalue weighted by Crippen LogP contribution is 2.25. The zero-order valence-electron chi connectivity index (χ0n) is 9.95. The maximum Gasteiger partial charge on any atom is 0.0790 e. The minimum atomic E-state index is 0.143. The second kappa shape index (κ2) is 6.22. The minimum absolute atomic E-state index is 0.143. The van der Waals surface area contributed by atoms with Crippen molar-refractivity contribution in [2.45, 2.75) is 69.9 Å². The molecule has 0 aromatic heterocycles. The molecule has 2 atom stereocenters. The van der Waals surface area contributed by atoms with E-state index in [9.17, 15) is 0 Å². The van der Waals surface area contributed by atoms with Crippen molar-refractivity contribution >= 4 is 0 Å². The predicted molar refractivity (Wildman–Crippen MR) is 62.5 cm³/mol. The predicted octanol–water partition coefficient (Wildman–Crippen LogP) is 2.92. The van der Waals surface area contributed by atoms with Crippen LogP contribution in [0.1, 0.15) is 57.8 Å². The van der Waals surface area contributed by atoms with E-state index in [1.165, 1.54) is 44.9 Å². The fourth-order valence-corrected chi connectivity index (χ4v) is 2.79. The Bertz CT molecular complexity index is 243. The van der Waals surface area contributed by atoms with Crippen molar-refractivity contribution in [2.75, 3.05) is 0 Å². The lowest BCUT2D eigenvalue weighted by Crippen LogP contribution is -2.37. The summed E-state index contributed by atoms with van der Waals surface area (Å²) in [7, 11) is 0. The summed E-state index contributed by atoms with van der Waals surface area (Å²) in [5, 5.41) is 9.13. The lowest BCUT2D eigenvalue weighted by Gasteiger charge is -2.22. The van der Waals surface area contributed by atoms with Crippen molar-refractivity contribution in [2.24, 2.45) is 5.92 Å². The van der Waals surface area contributed by atoms with Gasteiger partial charge in [-0.1, -0.05) is 32.1 Å². The van der Waals surface area contributed by atoms with Gasteiger partial charge in [0, 0.05) is 6.04 Å². The minimum Gasteiger partial charge on any atom is -0.298 e. The average molecular weight is 222 g/mol. The number of hydrogen-bond acceptors (Lipinski definition) is 3. The third-order valence-electron chi connectivity index (χ3n) is 3.87. The first-order valence-corrected chi connectivity index (χ1v) is 6.71. The SMILES string of the molecule is N#CC1CCCCCC1NOC1CCCC1. The molecule has 0 radical (unpaired) electrons. The molecular weight excluding hydrogens is 200 g/mol. The summed E-state index contributed by atoms with van der Waals surface area (Å²) < 4.78 is 0. The Kier molecular flexibility index (Phi) is 4.62. The van der Waals surface area contributed by atoms with Crippen LogP contribution in [0.25, 0.3) is 0 Å². The molecule has 2 rings (SSSR count). The van der Waals surface area contributed by atoms with Crippen LogP contribution in [0.15, 0.2) is 0 Å². The van der Waals surface area contributed by atoms with Crippen LogP contribution in [0.5, 0.6) is 0 Å². The largest absolute Gasteiger partial charge is 0.298 e. The molecule has 0 aromatic rings. The molecule has 2 fully saturated rings. The third-order valence-corrected chi connectivity index (χ3v) is 3.87. The van der Waals surface area contributed by atoms with E-state index in [0.717, 1.165) is 12.8 Å². The van der Waals surface area contributed by atoms with Gasteiger partial charge in [-0.3, -0.25) is 4.84 Å². The summed E-state index contributed by atoms with van der Waals surface area (Å²) in [5.41, 5.74) is 3.18. The van der Waals surface area contributed by atoms with Gasteiger partial charge in [-0.25, -0.2) is 0 Å². The molecule has 0 aliphatic heterocycles. The Morgan fingerprint density at radius 2 is 1.62 bits per heavy atom. The molecule has 2 aliphatic rings. The number of hydrogen-bond donors (Lipinski definition) is 1. The van der Waals surface area contributed by atoms with E-state index in [4.69, 9.17) is 10.1 Å². The van der Waals surface area contributed by atoms with Gasteiger partial charge in [0.2, 0.25) is 0 Å². The van der Waals surface area contributed by atoms with Crippen LogP contribution in [0.2, 0.25) is 0 Å². The monoisotopic (exact) mass is 222 g/mol. The average Bonchev–Trinajstić information content (AvgIpc) is 2.71. The summed E-state index contributed by atoms with van der Waals surface area (Å²) in [6.45, 7) is 0. The van der Waals surface area contributed by atoms with Crippen molar-refractivity contribution in [3.63, 3.8) is 0 Å². The van der Waals surface area contributed by atoms with E-state index in [2.05, 4.69) is 11.5 Å². The molecule has 0 spiro atoms. The van der Waals surface area contributed by atoms with Crippen molar-refractivity contribution in [3.05, 3.63) is 0 Å². The van der Waals surface area contributed by atoms with Gasteiger partial charge >= 0.3 is 0 Å². The summed E-state index contributed by atoms with van der Waals surface area (Å²) in [5.74, 6) is 0.143. The molecular formula is C13H22N2O. The quantitative estimate of drug-likeness (QED) is 0.590. The van der Waals surface area contributed by atoms with E-state index < -0.39 is 0 Å². The van der Waals surface area contributed by atoms with Crippen LogP contribution in [0.3, 0.4) is 0 Å². The van der Waals surface area contributed by atoms with Crippen molar-refractivity contribution < 1.29 is 4.84 Å². The molecule has 16 heavy (non-hydrogen) atoms. The Morgan fingerprint density at radius 3 is 2.38 bits per heavy atom. The van der Waals surface area contributed by atoms with E-state index >= 15 is 0 Å². The van der Waals surface area contributed by atoms with Gasteiger partial charge in [0.25, 0.3) is 0 Å². The molecule has 2 unspecified atom stereocenters. The number of rotatable bonds is 3. The maximum atomic E-state index is 9.13. The van der Waals surface area contributed by atoms with E-state index in [-0.39, 0.29) is 12.0 Å². The van der Waals surface area contributed by atoms with Crippen LogP contribution in [0, 0.1) is 17.2 Å². The maximum absolute atomic E-state index is 9.13. The molecule has 2 aliphatic carbocycles. The first-order valence-electron chi connectivity index (χ1n) is 6.71. The summed E-state index contributed by atoms with van der Waals surface area (Å²) >= 11 is 0. The Balaban J connectivity index is 1.78. The fourth-order valence-electron chi connectivity index (χ4n) is 2.79. The second-order valence-corrected chi connectivity index (χ2v) is 5.12. The molecule has 3 nitrogen and oxygen atoms in total. The van der Waals surface area contributed by atoms with Gasteiger partial charge in [-0.05, 0) is 25.7 Å². The fraction of sp³-hybridized carbons (Fsp3) is 0.923. The van der Waals surface area contributed by atoms with Crippen LogP contribution in [-0.4, -0.2) is 12.1 Å². The second-order valence-electron chi connectivity index (χ2n) is 5.12. The summed E-state index contributed by atoms with van der Waals surface area (Å²) in [4.78, 5) is 5.73. The lowest BCUT2D eigenvalue weighted by atomic mass is 9.97. The standard InChI is InChI=1S/C13H22N2O/c14-10-11-6-2-1-3-9-13(11)15-16-12-7-4-5-8-12/h11-13,15H,1-9H2. The highest BCUT2D eigenvalue weighted by Gasteiger charge is 2.25. The molecule has 0 bridgehead atoms. The molecule has 0 saturated heterocycles. The van der Waals surface area contributed by atoms with Crippen LogP contribution in [-0.2, 0) is 4.84 Å². The van der Waals surface area contributed by atoms with Crippen LogP contribution < -0.4 is 5.48 Å². The van der Waals surface area contributed by atoms with Crippen molar-refractivity contribution in [1.29, 1.82) is 5.26 Å². The smallest absolute Gasteiger partial charge is 0.0790 e. The van der Waals surface area contributed by atoms with Crippen molar-refractivity contribution in [1.82, 2.24) is 5.48 Å². The number of nitriles is 1. The Labute approximate surface area is 98.1 Å². The Morgan fingerprint density at radius 1 is 0.938 bits per heavy atom. The van der Waals surface area contributed by atoms with E-state index in [1.54, 1.807) is 0 Å². The zero-order chi connectivity index (χ0) is 11.2. The number of nitrogens with zero attached hydrogens (tertiary/aromatic N) is 1. The molecule has 0 amide bonds. The molecule has 0 heterocycles. The normalized spacial score (nSPS) is 32.2. The van der Waals surface area contributed by atoms with Gasteiger partial charge in [0.05, 0.1) is 18.1 Å². The van der Waals surface area contributed by atoms with E-state index in [1.807, 2.05) is 0 Å². The summed E-state index contributed by atoms with van der Waals surface area (Å²) in [6, 6.07) is 2.68. The first kappa shape index (κ1) is 11.9. The highest BCUT2D eigenvalue weighted by molar-refractivity contribution is 4.92. The number of nitrogens with one attached hydrogen (secondary N) is 1. The van der Waals surface area contributed by atoms with Crippen LogP contribution in [0.4, 0.5) is 0 Å². The molecule has 3 heteroatoms. The molecule has 0 aromatic carbocycles. The number of hydroxylamine groups is 1. The topological polar surface area (TPSA) is 45.0 Å². The highest BCUT2D eigenvalue weighted by atomic mass is 16.7.